The fraction of sp³-hybridized carbons (Fsp3) is 0.533. The smallest absolute Gasteiger partial charge is 0.309 e. The van der Waals surface area contributed by atoms with Gasteiger partial charge in [-0.1, -0.05) is 6.42 Å². The van der Waals surface area contributed by atoms with Crippen molar-refractivity contribution in [3.63, 3.8) is 0 Å². The van der Waals surface area contributed by atoms with Gasteiger partial charge in [0.25, 0.3) is 0 Å². The molecule has 1 aromatic rings. The van der Waals surface area contributed by atoms with Crippen molar-refractivity contribution in [2.45, 2.75) is 32.6 Å². The van der Waals surface area contributed by atoms with Crippen LogP contribution in [0.3, 0.4) is 0 Å². The number of carboxylic acid groups (broad SMARTS) is 1. The van der Waals surface area contributed by atoms with E-state index in [2.05, 4.69) is 0 Å². The highest BCUT2D eigenvalue weighted by Crippen LogP contribution is 2.46. The molecule has 1 aromatic carbocycles. The van der Waals surface area contributed by atoms with E-state index in [-0.39, 0.29) is 0 Å². The van der Waals surface area contributed by atoms with Crippen molar-refractivity contribution < 1.29 is 19.4 Å². The molecule has 0 aromatic heterocycles. The van der Waals surface area contributed by atoms with Gasteiger partial charge in [-0.2, -0.15) is 0 Å². The molecule has 4 heteroatoms. The van der Waals surface area contributed by atoms with Crippen LogP contribution in [0.4, 0.5) is 0 Å². The molecule has 1 aliphatic rings. The number of carbonyl (C=O) groups is 1. The molecule has 0 unspecified atom stereocenters. The third kappa shape index (κ3) is 2.39. The fourth-order valence-electron chi connectivity index (χ4n) is 2.69. The van der Waals surface area contributed by atoms with Gasteiger partial charge >= 0.3 is 5.97 Å². The second-order valence-electron chi connectivity index (χ2n) is 5.25. The third-order valence-electron chi connectivity index (χ3n) is 4.09. The third-order valence-corrected chi connectivity index (χ3v) is 4.09. The Bertz CT molecular complexity index is 489. The summed E-state index contributed by atoms with van der Waals surface area (Å²) in [6.07, 6.45) is 2.96. The van der Waals surface area contributed by atoms with Gasteiger partial charge in [0.15, 0.2) is 0 Å². The molecule has 2 rings (SSSR count). The minimum absolute atomic E-state index is 0.502. The first kappa shape index (κ1) is 13.7. The highest BCUT2D eigenvalue weighted by Gasteiger charge is 2.44. The van der Waals surface area contributed by atoms with Gasteiger partial charge in [-0.15, -0.1) is 0 Å². The lowest BCUT2D eigenvalue weighted by Gasteiger charge is -2.38. The number of methoxy groups -OCH3 is 2. The molecule has 0 bridgehead atoms. The van der Waals surface area contributed by atoms with Gasteiger partial charge < -0.3 is 14.6 Å². The summed E-state index contributed by atoms with van der Waals surface area (Å²) in [5, 5.41) is 9.42. The zero-order chi connectivity index (χ0) is 14.0. The van der Waals surface area contributed by atoms with Crippen molar-refractivity contribution in [1.29, 1.82) is 0 Å². The summed E-state index contributed by atoms with van der Waals surface area (Å²) in [6.45, 7) is 1.95. The van der Waals surface area contributed by atoms with E-state index in [1.165, 1.54) is 0 Å². The summed E-state index contributed by atoms with van der Waals surface area (Å²) in [5.74, 6) is 0.807. The van der Waals surface area contributed by atoms with Gasteiger partial charge in [0.1, 0.15) is 11.5 Å². The van der Waals surface area contributed by atoms with Crippen LogP contribution in [-0.2, 0) is 11.2 Å². The summed E-state index contributed by atoms with van der Waals surface area (Å²) in [6, 6.07) is 3.81. The lowest BCUT2D eigenvalue weighted by Crippen LogP contribution is -2.39. The summed E-state index contributed by atoms with van der Waals surface area (Å²) < 4.78 is 10.7. The molecule has 0 radical (unpaired) electrons. The maximum Gasteiger partial charge on any atom is 0.309 e. The van der Waals surface area contributed by atoms with Gasteiger partial charge in [0, 0.05) is 0 Å². The number of hydrogen-bond acceptors (Lipinski definition) is 3. The highest BCUT2D eigenvalue weighted by atomic mass is 16.5. The van der Waals surface area contributed by atoms with Crippen LogP contribution in [0, 0.1) is 12.3 Å². The Morgan fingerprint density at radius 1 is 1.26 bits per heavy atom. The van der Waals surface area contributed by atoms with Crippen molar-refractivity contribution in [2.75, 3.05) is 14.2 Å². The Morgan fingerprint density at radius 3 is 2.32 bits per heavy atom. The standard InChI is InChI=1S/C15H20O4/c1-10-7-13(19-3)11(8-12(10)18-2)9-15(14(16)17)5-4-6-15/h7-8H,4-6,9H2,1-3H3,(H,16,17). The number of aryl methyl sites for hydroxylation is 1. The van der Waals surface area contributed by atoms with Gasteiger partial charge in [-0.05, 0) is 49.4 Å². The molecule has 1 aliphatic carbocycles. The topological polar surface area (TPSA) is 55.8 Å². The first-order valence-corrected chi connectivity index (χ1v) is 6.47. The molecular formula is C15H20O4. The van der Waals surface area contributed by atoms with Crippen LogP contribution >= 0.6 is 0 Å². The lowest BCUT2D eigenvalue weighted by atomic mass is 9.65. The number of carboxylic acids is 1. The van der Waals surface area contributed by atoms with Crippen LogP contribution in [0.25, 0.3) is 0 Å². The van der Waals surface area contributed by atoms with Crippen molar-refractivity contribution in [3.05, 3.63) is 23.3 Å². The number of aliphatic carboxylic acids is 1. The first-order chi connectivity index (χ1) is 9.02. The molecule has 0 aliphatic heterocycles. The maximum absolute atomic E-state index is 11.5. The lowest BCUT2D eigenvalue weighted by molar-refractivity contribution is -0.154. The van der Waals surface area contributed by atoms with Crippen LogP contribution in [-0.4, -0.2) is 25.3 Å². The van der Waals surface area contributed by atoms with Crippen molar-refractivity contribution >= 4 is 5.97 Å². The Kier molecular flexibility index (Phi) is 3.69. The van der Waals surface area contributed by atoms with E-state index in [4.69, 9.17) is 9.47 Å². The van der Waals surface area contributed by atoms with E-state index in [1.54, 1.807) is 14.2 Å². The van der Waals surface area contributed by atoms with E-state index in [1.807, 2.05) is 19.1 Å². The van der Waals surface area contributed by atoms with E-state index in [0.29, 0.717) is 6.42 Å². The van der Waals surface area contributed by atoms with Crippen molar-refractivity contribution in [1.82, 2.24) is 0 Å². The van der Waals surface area contributed by atoms with Crippen molar-refractivity contribution in [2.24, 2.45) is 5.41 Å². The fourth-order valence-corrected chi connectivity index (χ4v) is 2.69. The molecule has 104 valence electrons. The van der Waals surface area contributed by atoms with Crippen LogP contribution < -0.4 is 9.47 Å². The van der Waals surface area contributed by atoms with E-state index in [0.717, 1.165) is 41.9 Å². The Morgan fingerprint density at radius 2 is 1.89 bits per heavy atom. The predicted molar refractivity (Wildman–Crippen MR) is 71.9 cm³/mol. The van der Waals surface area contributed by atoms with Crippen LogP contribution in [0.1, 0.15) is 30.4 Å². The largest absolute Gasteiger partial charge is 0.496 e. The minimum Gasteiger partial charge on any atom is -0.496 e. The minimum atomic E-state index is -0.708. The molecule has 0 spiro atoms. The molecular weight excluding hydrogens is 244 g/mol. The average Bonchev–Trinajstić information content (AvgIpc) is 2.34. The summed E-state index contributed by atoms with van der Waals surface area (Å²) in [4.78, 5) is 11.5. The van der Waals surface area contributed by atoms with E-state index in [9.17, 15) is 9.90 Å². The van der Waals surface area contributed by atoms with E-state index < -0.39 is 11.4 Å². The molecule has 19 heavy (non-hydrogen) atoms. The molecule has 0 heterocycles. The normalized spacial score (nSPS) is 16.6. The van der Waals surface area contributed by atoms with Gasteiger partial charge in [0.05, 0.1) is 19.6 Å². The highest BCUT2D eigenvalue weighted by molar-refractivity contribution is 5.76. The molecule has 0 atom stereocenters. The average molecular weight is 264 g/mol. The Labute approximate surface area is 113 Å². The second kappa shape index (κ2) is 5.11. The Balaban J connectivity index is 2.35. The molecule has 1 N–H and O–H groups in total. The quantitative estimate of drug-likeness (QED) is 0.888. The van der Waals surface area contributed by atoms with Crippen LogP contribution in [0.5, 0.6) is 11.5 Å². The molecule has 1 fully saturated rings. The van der Waals surface area contributed by atoms with Crippen molar-refractivity contribution in [3.8, 4) is 11.5 Å². The van der Waals surface area contributed by atoms with Gasteiger partial charge in [-0.25, -0.2) is 0 Å². The first-order valence-electron chi connectivity index (χ1n) is 6.47. The van der Waals surface area contributed by atoms with Gasteiger partial charge in [0.2, 0.25) is 0 Å². The summed E-state index contributed by atoms with van der Waals surface area (Å²) in [5.41, 5.74) is 1.28. The second-order valence-corrected chi connectivity index (χ2v) is 5.25. The summed E-state index contributed by atoms with van der Waals surface area (Å²) >= 11 is 0. The molecule has 1 saturated carbocycles. The zero-order valence-electron chi connectivity index (χ0n) is 11.7. The van der Waals surface area contributed by atoms with Gasteiger partial charge in [-0.3, -0.25) is 4.79 Å². The Hall–Kier alpha value is -1.71. The maximum atomic E-state index is 11.5. The molecule has 4 nitrogen and oxygen atoms in total. The summed E-state index contributed by atoms with van der Waals surface area (Å²) in [7, 11) is 3.23. The SMILES string of the molecule is COc1cc(CC2(C(=O)O)CCC2)c(OC)cc1C. The number of benzene rings is 1. The van der Waals surface area contributed by atoms with Crippen LogP contribution in [0.2, 0.25) is 0 Å². The van der Waals surface area contributed by atoms with Crippen LogP contribution in [0.15, 0.2) is 12.1 Å². The molecule has 0 saturated heterocycles. The monoisotopic (exact) mass is 264 g/mol. The number of rotatable bonds is 5. The number of ether oxygens (including phenoxy) is 2. The number of hydrogen-bond donors (Lipinski definition) is 1. The van der Waals surface area contributed by atoms with E-state index >= 15 is 0 Å². The zero-order valence-corrected chi connectivity index (χ0v) is 11.7. The predicted octanol–water partition coefficient (Wildman–Crippen LogP) is 2.81. The molecule has 0 amide bonds.